The van der Waals surface area contributed by atoms with Crippen molar-refractivity contribution in [2.75, 3.05) is 13.7 Å². The van der Waals surface area contributed by atoms with Crippen molar-refractivity contribution in [2.24, 2.45) is 5.16 Å². The molecule has 0 spiro atoms. The van der Waals surface area contributed by atoms with Crippen molar-refractivity contribution in [2.45, 2.75) is 24.0 Å². The number of benzene rings is 3. The zero-order valence-corrected chi connectivity index (χ0v) is 20.4. The Kier molecular flexibility index (Phi) is 6.67. The molecule has 0 aliphatic carbocycles. The molecule has 1 atom stereocenters. The van der Waals surface area contributed by atoms with Crippen LogP contribution in [-0.2, 0) is 21.4 Å². The highest BCUT2D eigenvalue weighted by molar-refractivity contribution is 7.89. The van der Waals surface area contributed by atoms with Crippen LogP contribution in [0.3, 0.4) is 0 Å². The lowest BCUT2D eigenvalue weighted by Crippen LogP contribution is -2.37. The predicted molar refractivity (Wildman–Crippen MR) is 135 cm³/mol. The second-order valence-corrected chi connectivity index (χ2v) is 10.3. The highest BCUT2D eigenvalue weighted by Gasteiger charge is 2.33. The predicted octanol–water partition coefficient (Wildman–Crippen LogP) is 4.77. The lowest BCUT2D eigenvalue weighted by Gasteiger charge is -2.25. The van der Waals surface area contributed by atoms with E-state index < -0.39 is 16.1 Å². The molecule has 1 aromatic heterocycles. The molecule has 184 valence electrons. The molecule has 3 aromatic carbocycles. The number of rotatable bonds is 8. The molecular weight excluding hydrogens is 481 g/mol. The van der Waals surface area contributed by atoms with Gasteiger partial charge in [-0.25, -0.2) is 12.8 Å². The average Bonchev–Trinajstić information content (AvgIpc) is 3.37. The van der Waals surface area contributed by atoms with E-state index in [1.807, 2.05) is 36.4 Å². The van der Waals surface area contributed by atoms with Gasteiger partial charge in [-0.05, 0) is 42.0 Å². The van der Waals surface area contributed by atoms with E-state index >= 15 is 0 Å². The number of fused-ring (bicyclic) bond motifs is 1. The molecule has 0 N–H and O–H groups in total. The van der Waals surface area contributed by atoms with Crippen molar-refractivity contribution in [3.05, 3.63) is 102 Å². The van der Waals surface area contributed by atoms with Crippen molar-refractivity contribution in [3.8, 4) is 5.75 Å². The molecule has 0 radical (unpaired) electrons. The molecule has 2 heterocycles. The third-order valence-corrected chi connectivity index (χ3v) is 7.89. The van der Waals surface area contributed by atoms with Crippen LogP contribution in [0.15, 0.2) is 95.1 Å². The van der Waals surface area contributed by atoms with E-state index in [4.69, 9.17) is 9.57 Å². The lowest BCUT2D eigenvalue weighted by molar-refractivity contribution is 0.0694. The van der Waals surface area contributed by atoms with Gasteiger partial charge in [0.05, 0.1) is 24.9 Å². The second kappa shape index (κ2) is 10.0. The van der Waals surface area contributed by atoms with Crippen LogP contribution in [0.5, 0.6) is 5.75 Å². The zero-order valence-electron chi connectivity index (χ0n) is 19.5. The summed E-state index contributed by atoms with van der Waals surface area (Å²) in [5.41, 5.74) is 2.52. The quantitative estimate of drug-likeness (QED) is 0.345. The van der Waals surface area contributed by atoms with Gasteiger partial charge in [-0.15, -0.1) is 0 Å². The van der Waals surface area contributed by atoms with Crippen molar-refractivity contribution in [1.29, 1.82) is 0 Å². The van der Waals surface area contributed by atoms with Gasteiger partial charge >= 0.3 is 0 Å². The number of oxime groups is 1. The monoisotopic (exact) mass is 505 g/mol. The van der Waals surface area contributed by atoms with Crippen LogP contribution in [0.4, 0.5) is 4.39 Å². The number of sulfonamides is 1. The van der Waals surface area contributed by atoms with Crippen molar-refractivity contribution in [3.63, 3.8) is 0 Å². The molecule has 36 heavy (non-hydrogen) atoms. The molecule has 9 heteroatoms. The molecule has 1 unspecified atom stereocenters. The fourth-order valence-corrected chi connectivity index (χ4v) is 5.89. The van der Waals surface area contributed by atoms with E-state index in [1.54, 1.807) is 43.6 Å². The van der Waals surface area contributed by atoms with Crippen molar-refractivity contribution < 1.29 is 22.4 Å². The normalized spacial score (nSPS) is 15.6. The number of aromatic nitrogens is 1. The van der Waals surface area contributed by atoms with E-state index in [0.29, 0.717) is 29.0 Å². The maximum Gasteiger partial charge on any atom is 0.245 e. The summed E-state index contributed by atoms with van der Waals surface area (Å²) < 4.78 is 48.2. The average molecular weight is 506 g/mol. The summed E-state index contributed by atoms with van der Waals surface area (Å²) in [4.78, 5) is 10.1. The number of hydrogen-bond acceptors (Lipinski definition) is 6. The van der Waals surface area contributed by atoms with Gasteiger partial charge in [0.25, 0.3) is 0 Å². The van der Waals surface area contributed by atoms with E-state index in [-0.39, 0.29) is 23.8 Å². The summed E-state index contributed by atoms with van der Waals surface area (Å²) >= 11 is 0. The fraction of sp³-hybridized carbons (Fsp3) is 0.185. The van der Waals surface area contributed by atoms with E-state index in [1.165, 1.54) is 16.4 Å². The van der Waals surface area contributed by atoms with Crippen LogP contribution < -0.4 is 4.74 Å². The third-order valence-electron chi connectivity index (χ3n) is 6.04. The smallest absolute Gasteiger partial charge is 0.245 e. The summed E-state index contributed by atoms with van der Waals surface area (Å²) in [6.07, 6.45) is 1.46. The number of pyridine rings is 1. The molecule has 0 bridgehead atoms. The first-order chi connectivity index (χ1) is 17.5. The molecule has 5 rings (SSSR count). The number of para-hydroxylation sites is 2. The summed E-state index contributed by atoms with van der Waals surface area (Å²) in [6.45, 7) is 0.0841. The van der Waals surface area contributed by atoms with E-state index in [0.717, 1.165) is 10.9 Å². The van der Waals surface area contributed by atoms with E-state index in [9.17, 15) is 12.8 Å². The van der Waals surface area contributed by atoms with Crippen LogP contribution in [0.25, 0.3) is 10.9 Å². The molecular formula is C27H24FN3O4S. The Hall–Kier alpha value is -3.82. The highest BCUT2D eigenvalue weighted by Crippen LogP contribution is 2.29. The largest absolute Gasteiger partial charge is 0.496 e. The van der Waals surface area contributed by atoms with Gasteiger partial charge in [-0.2, -0.15) is 4.31 Å². The minimum absolute atomic E-state index is 0.0374. The Morgan fingerprint density at radius 1 is 1.03 bits per heavy atom. The molecule has 0 saturated carbocycles. The van der Waals surface area contributed by atoms with Crippen LogP contribution in [0, 0.1) is 5.82 Å². The van der Waals surface area contributed by atoms with Gasteiger partial charge in [0.1, 0.15) is 22.6 Å². The summed E-state index contributed by atoms with van der Waals surface area (Å²) in [5, 5.41) is 4.95. The maximum atomic E-state index is 14.0. The molecule has 0 fully saturated rings. The molecule has 0 amide bonds. The van der Waals surface area contributed by atoms with Crippen LogP contribution >= 0.6 is 0 Å². The minimum Gasteiger partial charge on any atom is -0.496 e. The van der Waals surface area contributed by atoms with Crippen LogP contribution in [-0.4, -0.2) is 43.2 Å². The van der Waals surface area contributed by atoms with Gasteiger partial charge in [0, 0.05) is 30.1 Å². The molecule has 0 saturated heterocycles. The van der Waals surface area contributed by atoms with Gasteiger partial charge in [0.2, 0.25) is 10.0 Å². The lowest BCUT2D eigenvalue weighted by atomic mass is 10.0. The molecule has 1 aliphatic heterocycles. The van der Waals surface area contributed by atoms with Crippen LogP contribution in [0.2, 0.25) is 0 Å². The summed E-state index contributed by atoms with van der Waals surface area (Å²) in [7, 11) is -2.41. The van der Waals surface area contributed by atoms with Gasteiger partial charge in [-0.3, -0.25) is 4.98 Å². The van der Waals surface area contributed by atoms with Gasteiger partial charge in [0.15, 0.2) is 0 Å². The number of ether oxygens (including phenoxy) is 1. The minimum atomic E-state index is -4.00. The molecule has 1 aliphatic rings. The Morgan fingerprint density at radius 2 is 1.81 bits per heavy atom. The first kappa shape index (κ1) is 23.9. The Labute approximate surface area is 208 Å². The van der Waals surface area contributed by atoms with Crippen LogP contribution in [0.1, 0.15) is 17.5 Å². The highest BCUT2D eigenvalue weighted by atomic mass is 32.2. The number of nitrogens with zero attached hydrogens (tertiary/aromatic N) is 3. The first-order valence-corrected chi connectivity index (χ1v) is 12.8. The Bertz CT molecular complexity index is 1520. The summed E-state index contributed by atoms with van der Waals surface area (Å²) in [5.74, 6) is 0.276. The van der Waals surface area contributed by atoms with Crippen molar-refractivity contribution in [1.82, 2.24) is 9.29 Å². The van der Waals surface area contributed by atoms with Gasteiger partial charge in [-0.1, -0.05) is 47.6 Å². The maximum absolute atomic E-state index is 14.0. The Balaban J connectivity index is 1.46. The zero-order chi connectivity index (χ0) is 25.1. The topological polar surface area (TPSA) is 81.1 Å². The SMILES string of the molecule is COc1ccccc1C1=NOC(CN(Cc2ccc(F)cc2)S(=O)(=O)c2cccc3cccnc23)C1. The molecule has 4 aromatic rings. The standard InChI is InChI=1S/C27H24FN3O4S/c1-34-25-9-3-2-8-23(25)24-16-22(35-30-24)18-31(17-19-11-13-21(28)14-12-19)36(32,33)26-10-4-6-20-7-5-15-29-27(20)26/h2-15,22H,16-18H2,1H3. The molecule has 7 nitrogen and oxygen atoms in total. The number of hydrogen-bond donors (Lipinski definition) is 0. The number of halogens is 1. The van der Waals surface area contributed by atoms with E-state index in [2.05, 4.69) is 10.1 Å². The second-order valence-electron chi connectivity index (χ2n) is 8.43. The van der Waals surface area contributed by atoms with Gasteiger partial charge < -0.3 is 9.57 Å². The third kappa shape index (κ3) is 4.80. The Morgan fingerprint density at radius 3 is 2.61 bits per heavy atom. The fourth-order valence-electron chi connectivity index (χ4n) is 4.26. The first-order valence-electron chi connectivity index (χ1n) is 11.4. The summed E-state index contributed by atoms with van der Waals surface area (Å²) in [6, 6.07) is 21.9. The number of methoxy groups -OCH3 is 1. The van der Waals surface area contributed by atoms with Crippen molar-refractivity contribution >= 4 is 26.6 Å².